The van der Waals surface area contributed by atoms with Crippen LogP contribution in [0.3, 0.4) is 0 Å². The van der Waals surface area contributed by atoms with E-state index in [1.807, 2.05) is 12.1 Å². The number of H-pyrrole nitrogens is 1. The molecule has 1 aromatic heterocycles. The Labute approximate surface area is 165 Å². The summed E-state index contributed by atoms with van der Waals surface area (Å²) in [5.74, 6) is -0.282. The van der Waals surface area contributed by atoms with Gasteiger partial charge in [-0.05, 0) is 37.3 Å². The molecule has 2 aromatic rings. The van der Waals surface area contributed by atoms with Gasteiger partial charge >= 0.3 is 0 Å². The smallest absolute Gasteiger partial charge is 0.218 e. The zero-order chi connectivity index (χ0) is 19.6. The Kier molecular flexibility index (Phi) is 4.18. The number of nitrogens with zero attached hydrogens (tertiary/aromatic N) is 1. The summed E-state index contributed by atoms with van der Waals surface area (Å²) in [5, 5.41) is 0.411. The van der Waals surface area contributed by atoms with Gasteiger partial charge in [0.2, 0.25) is 10.0 Å². The number of hydrogen-bond acceptors (Lipinski definition) is 5. The fourth-order valence-corrected chi connectivity index (χ4v) is 9.50. The Bertz CT molecular complexity index is 1130. The molecule has 4 heterocycles. The van der Waals surface area contributed by atoms with E-state index in [0.717, 1.165) is 17.6 Å². The predicted octanol–water partition coefficient (Wildman–Crippen LogP) is 1.55. The first kappa shape index (κ1) is 18.6. The van der Waals surface area contributed by atoms with Crippen molar-refractivity contribution < 1.29 is 21.6 Å². The third kappa shape index (κ3) is 2.82. The molecule has 1 atom stereocenters. The molecule has 0 amide bonds. The zero-order valence-corrected chi connectivity index (χ0v) is 17.2. The van der Waals surface area contributed by atoms with Gasteiger partial charge in [-0.2, -0.15) is 0 Å². The van der Waals surface area contributed by atoms with E-state index in [1.165, 1.54) is 15.3 Å². The zero-order valence-electron chi connectivity index (χ0n) is 15.6. The van der Waals surface area contributed by atoms with Crippen LogP contribution in [0.5, 0.6) is 0 Å². The molecular formula is C19H24N2O5S2. The first-order chi connectivity index (χ1) is 13.3. The molecule has 1 unspecified atom stereocenters. The summed E-state index contributed by atoms with van der Waals surface area (Å²) in [6.07, 6.45) is 2.20. The monoisotopic (exact) mass is 424 g/mol. The quantitative estimate of drug-likeness (QED) is 0.789. The Morgan fingerprint density at radius 2 is 1.93 bits per heavy atom. The molecule has 0 radical (unpaired) electrons. The lowest BCUT2D eigenvalue weighted by Crippen LogP contribution is -2.50. The van der Waals surface area contributed by atoms with Crippen LogP contribution in [0, 0.1) is 0 Å². The second-order valence-electron chi connectivity index (χ2n) is 8.09. The van der Waals surface area contributed by atoms with E-state index in [2.05, 4.69) is 17.1 Å². The minimum Gasteiger partial charge on any atom is -0.368 e. The summed E-state index contributed by atoms with van der Waals surface area (Å²) in [6.45, 7) is 1.34. The van der Waals surface area contributed by atoms with Gasteiger partial charge in [0.1, 0.15) is 5.60 Å². The third-order valence-electron chi connectivity index (χ3n) is 6.50. The van der Waals surface area contributed by atoms with Crippen molar-refractivity contribution in [1.29, 1.82) is 0 Å². The van der Waals surface area contributed by atoms with Gasteiger partial charge in [0.05, 0.1) is 29.1 Å². The molecule has 2 fully saturated rings. The molecule has 0 aliphatic carbocycles. The number of hydrogen-bond donors (Lipinski definition) is 1. The highest BCUT2D eigenvalue weighted by atomic mass is 32.2. The molecule has 7 nitrogen and oxygen atoms in total. The maximum Gasteiger partial charge on any atom is 0.218 e. The maximum atomic E-state index is 12.9. The first-order valence-electron chi connectivity index (χ1n) is 9.74. The Balaban J connectivity index is 1.41. The van der Waals surface area contributed by atoms with Crippen molar-refractivity contribution in [1.82, 2.24) is 9.29 Å². The number of benzene rings is 1. The summed E-state index contributed by atoms with van der Waals surface area (Å²) < 4.78 is 57.1. The minimum atomic E-state index is -3.60. The van der Waals surface area contributed by atoms with Gasteiger partial charge < -0.3 is 9.72 Å². The lowest BCUT2D eigenvalue weighted by Gasteiger charge is -2.43. The van der Waals surface area contributed by atoms with Crippen LogP contribution in [0.25, 0.3) is 10.9 Å². The summed E-state index contributed by atoms with van der Waals surface area (Å²) in [4.78, 5) is 3.52. The molecule has 9 heteroatoms. The van der Waals surface area contributed by atoms with Crippen molar-refractivity contribution in [2.24, 2.45) is 0 Å². The fourth-order valence-electron chi connectivity index (χ4n) is 4.97. The molecule has 0 saturated carbocycles. The van der Waals surface area contributed by atoms with Gasteiger partial charge in [0.15, 0.2) is 9.84 Å². The standard InChI is InChI=1S/C19H24N2O5S2/c22-27(23)12-6-14(13-27)28(24,25)21-9-7-19(8-10-21)18-16(5-11-26-19)15-3-1-2-4-17(15)20-18/h1-4,14,20H,5-13H2. The van der Waals surface area contributed by atoms with Crippen molar-refractivity contribution >= 4 is 30.8 Å². The molecule has 3 aliphatic heterocycles. The van der Waals surface area contributed by atoms with Gasteiger partial charge in [-0.25, -0.2) is 21.1 Å². The summed E-state index contributed by atoms with van der Waals surface area (Å²) in [6, 6.07) is 8.21. The highest BCUT2D eigenvalue weighted by Crippen LogP contribution is 2.44. The molecule has 1 spiro atoms. The summed E-state index contributed by atoms with van der Waals surface area (Å²) >= 11 is 0. The topological polar surface area (TPSA) is 96.5 Å². The van der Waals surface area contributed by atoms with Crippen molar-refractivity contribution in [2.45, 2.75) is 36.5 Å². The Hall–Kier alpha value is -1.42. The van der Waals surface area contributed by atoms with Crippen LogP contribution < -0.4 is 0 Å². The van der Waals surface area contributed by atoms with E-state index in [4.69, 9.17) is 4.74 Å². The highest BCUT2D eigenvalue weighted by Gasteiger charge is 2.47. The lowest BCUT2D eigenvalue weighted by atomic mass is 9.84. The van der Waals surface area contributed by atoms with Gasteiger partial charge in [0, 0.05) is 24.0 Å². The van der Waals surface area contributed by atoms with E-state index < -0.39 is 30.7 Å². The number of piperidine rings is 1. The molecule has 0 bridgehead atoms. The molecular weight excluding hydrogens is 400 g/mol. The average Bonchev–Trinajstić information content (AvgIpc) is 3.24. The number of sulfonamides is 1. The van der Waals surface area contributed by atoms with E-state index in [-0.39, 0.29) is 17.9 Å². The number of para-hydroxylation sites is 1. The van der Waals surface area contributed by atoms with Crippen LogP contribution in [-0.2, 0) is 36.6 Å². The van der Waals surface area contributed by atoms with E-state index >= 15 is 0 Å². The predicted molar refractivity (Wildman–Crippen MR) is 106 cm³/mol. The molecule has 5 rings (SSSR count). The van der Waals surface area contributed by atoms with Gasteiger partial charge in [-0.1, -0.05) is 18.2 Å². The van der Waals surface area contributed by atoms with Crippen LogP contribution in [-0.4, -0.2) is 62.6 Å². The molecule has 28 heavy (non-hydrogen) atoms. The molecule has 1 aromatic carbocycles. The normalized spacial score (nSPS) is 27.2. The minimum absolute atomic E-state index is 0.0315. The van der Waals surface area contributed by atoms with Crippen molar-refractivity contribution in [3.05, 3.63) is 35.5 Å². The molecule has 3 aliphatic rings. The second-order valence-corrected chi connectivity index (χ2v) is 12.5. The number of aromatic amines is 1. The van der Waals surface area contributed by atoms with E-state index in [0.29, 0.717) is 32.5 Å². The number of rotatable bonds is 2. The van der Waals surface area contributed by atoms with Crippen molar-refractivity contribution in [3.8, 4) is 0 Å². The summed E-state index contributed by atoms with van der Waals surface area (Å²) in [7, 11) is -6.84. The number of sulfone groups is 1. The molecule has 152 valence electrons. The molecule has 1 N–H and O–H groups in total. The fraction of sp³-hybridized carbons (Fsp3) is 0.579. The molecule has 2 saturated heterocycles. The third-order valence-corrected chi connectivity index (χ3v) is 10.8. The van der Waals surface area contributed by atoms with Crippen molar-refractivity contribution in [3.63, 3.8) is 0 Å². The number of nitrogens with one attached hydrogen (secondary N) is 1. The van der Waals surface area contributed by atoms with Crippen LogP contribution in [0.15, 0.2) is 24.3 Å². The van der Waals surface area contributed by atoms with Gasteiger partial charge in [-0.3, -0.25) is 0 Å². The van der Waals surface area contributed by atoms with Crippen LogP contribution in [0.4, 0.5) is 0 Å². The maximum absolute atomic E-state index is 12.9. The van der Waals surface area contributed by atoms with Crippen LogP contribution in [0.1, 0.15) is 30.5 Å². The number of aromatic nitrogens is 1. The Morgan fingerprint density at radius 1 is 1.18 bits per heavy atom. The largest absolute Gasteiger partial charge is 0.368 e. The van der Waals surface area contributed by atoms with Gasteiger partial charge in [-0.15, -0.1) is 0 Å². The summed E-state index contributed by atoms with van der Waals surface area (Å²) in [5.41, 5.74) is 2.96. The number of fused-ring (bicyclic) bond motifs is 4. The SMILES string of the molecule is O=S1(=O)CCC(S(=O)(=O)N2CCC3(CC2)OCCc2c3[nH]c3ccccc23)C1. The van der Waals surface area contributed by atoms with E-state index in [9.17, 15) is 16.8 Å². The highest BCUT2D eigenvalue weighted by molar-refractivity contribution is 7.95. The Morgan fingerprint density at radius 3 is 2.64 bits per heavy atom. The van der Waals surface area contributed by atoms with Gasteiger partial charge in [0.25, 0.3) is 0 Å². The van der Waals surface area contributed by atoms with Crippen LogP contribution >= 0.6 is 0 Å². The second kappa shape index (κ2) is 6.29. The first-order valence-corrected chi connectivity index (χ1v) is 13.1. The van der Waals surface area contributed by atoms with E-state index in [1.54, 1.807) is 0 Å². The average molecular weight is 425 g/mol. The number of ether oxygens (including phenoxy) is 1. The lowest BCUT2D eigenvalue weighted by molar-refractivity contribution is -0.0915. The van der Waals surface area contributed by atoms with Crippen LogP contribution in [0.2, 0.25) is 0 Å². The van der Waals surface area contributed by atoms with Crippen molar-refractivity contribution in [2.75, 3.05) is 31.2 Å².